The Morgan fingerprint density at radius 1 is 0.833 bits per heavy atom. The number of hydrogen-bond acceptors (Lipinski definition) is 1. The topological polar surface area (TPSA) is 17.8 Å². The molecule has 1 aromatic heterocycles. The molecule has 0 radical (unpaired) electrons. The molecule has 3 aromatic rings. The van der Waals surface area contributed by atoms with Crippen LogP contribution in [0.5, 0.6) is 0 Å². The highest BCUT2D eigenvalue weighted by molar-refractivity contribution is 9.10. The largest absolute Gasteiger partial charge is 0.226 e. The van der Waals surface area contributed by atoms with E-state index in [2.05, 4.69) is 33.2 Å². The molecule has 3 rings (SSSR count). The molecular formula is C15H11BrN2. The maximum Gasteiger partial charge on any atom is 0.110 e. The van der Waals surface area contributed by atoms with Gasteiger partial charge in [-0.3, -0.25) is 0 Å². The minimum atomic E-state index is 0.951. The summed E-state index contributed by atoms with van der Waals surface area (Å²) in [5.74, 6) is 0. The minimum Gasteiger partial charge on any atom is -0.226 e. The van der Waals surface area contributed by atoms with Crippen molar-refractivity contribution in [2.24, 2.45) is 0 Å². The van der Waals surface area contributed by atoms with Gasteiger partial charge in [0, 0.05) is 5.56 Å². The highest BCUT2D eigenvalue weighted by atomic mass is 79.9. The van der Waals surface area contributed by atoms with Crippen LogP contribution in [0.15, 0.2) is 71.3 Å². The molecule has 0 spiro atoms. The average molecular weight is 299 g/mol. The molecule has 0 fully saturated rings. The number of nitrogens with zero attached hydrogens (tertiary/aromatic N) is 2. The summed E-state index contributed by atoms with van der Waals surface area (Å²) < 4.78 is 2.84. The average Bonchev–Trinajstić information content (AvgIpc) is 2.83. The SMILES string of the molecule is Brc1cc(-c2ccccc2)nn1-c1ccccc1. The first kappa shape index (κ1) is 11.2. The molecule has 0 N–H and O–H groups in total. The molecule has 18 heavy (non-hydrogen) atoms. The fourth-order valence-electron chi connectivity index (χ4n) is 1.86. The summed E-state index contributed by atoms with van der Waals surface area (Å²) in [6, 6.07) is 22.3. The molecular weight excluding hydrogens is 288 g/mol. The number of aromatic nitrogens is 2. The van der Waals surface area contributed by atoms with Crippen LogP contribution in [0.3, 0.4) is 0 Å². The second kappa shape index (κ2) is 4.78. The third-order valence-corrected chi connectivity index (χ3v) is 3.30. The second-order valence-electron chi connectivity index (χ2n) is 3.97. The minimum absolute atomic E-state index is 0.951. The van der Waals surface area contributed by atoms with Gasteiger partial charge in [-0.25, -0.2) is 4.68 Å². The van der Waals surface area contributed by atoms with Gasteiger partial charge in [0.25, 0.3) is 0 Å². The summed E-state index contributed by atoms with van der Waals surface area (Å²) in [6.45, 7) is 0. The summed E-state index contributed by atoms with van der Waals surface area (Å²) in [6.07, 6.45) is 0. The zero-order valence-electron chi connectivity index (χ0n) is 9.62. The zero-order chi connectivity index (χ0) is 12.4. The molecule has 0 bridgehead atoms. The van der Waals surface area contributed by atoms with Crippen molar-refractivity contribution >= 4 is 15.9 Å². The van der Waals surface area contributed by atoms with Gasteiger partial charge in [-0.2, -0.15) is 5.10 Å². The first-order valence-electron chi connectivity index (χ1n) is 5.71. The van der Waals surface area contributed by atoms with Crippen LogP contribution in [0.25, 0.3) is 16.9 Å². The Morgan fingerprint density at radius 2 is 1.44 bits per heavy atom. The molecule has 0 saturated carbocycles. The first-order valence-corrected chi connectivity index (χ1v) is 6.50. The molecule has 2 aromatic carbocycles. The van der Waals surface area contributed by atoms with E-state index < -0.39 is 0 Å². The van der Waals surface area contributed by atoms with Crippen LogP contribution in [0.2, 0.25) is 0 Å². The van der Waals surface area contributed by atoms with Crippen molar-refractivity contribution in [3.05, 3.63) is 71.3 Å². The van der Waals surface area contributed by atoms with Crippen molar-refractivity contribution in [1.82, 2.24) is 9.78 Å². The number of benzene rings is 2. The van der Waals surface area contributed by atoms with Gasteiger partial charge in [-0.15, -0.1) is 0 Å². The summed E-state index contributed by atoms with van der Waals surface area (Å²) in [7, 11) is 0. The molecule has 0 unspecified atom stereocenters. The Bertz CT molecular complexity index is 645. The highest BCUT2D eigenvalue weighted by Crippen LogP contribution is 2.24. The number of halogens is 1. The van der Waals surface area contributed by atoms with Crippen LogP contribution in [-0.4, -0.2) is 9.78 Å². The van der Waals surface area contributed by atoms with Gasteiger partial charge >= 0.3 is 0 Å². The van der Waals surface area contributed by atoms with E-state index in [1.54, 1.807) is 0 Å². The Kier molecular flexibility index (Phi) is 2.99. The molecule has 0 aliphatic carbocycles. The molecule has 0 saturated heterocycles. The van der Waals surface area contributed by atoms with E-state index >= 15 is 0 Å². The van der Waals surface area contributed by atoms with Gasteiger partial charge in [0.2, 0.25) is 0 Å². The van der Waals surface area contributed by atoms with Crippen molar-refractivity contribution in [2.75, 3.05) is 0 Å². The van der Waals surface area contributed by atoms with Crippen LogP contribution >= 0.6 is 15.9 Å². The van der Waals surface area contributed by atoms with E-state index in [4.69, 9.17) is 0 Å². The van der Waals surface area contributed by atoms with Crippen molar-refractivity contribution in [2.45, 2.75) is 0 Å². The standard InChI is InChI=1S/C15H11BrN2/c16-15-11-14(12-7-3-1-4-8-12)17-18(15)13-9-5-2-6-10-13/h1-11H. The lowest BCUT2D eigenvalue weighted by atomic mass is 10.2. The van der Waals surface area contributed by atoms with E-state index in [0.717, 1.165) is 21.5 Å². The maximum atomic E-state index is 4.62. The Labute approximate surface area is 114 Å². The molecule has 1 heterocycles. The van der Waals surface area contributed by atoms with Gasteiger partial charge < -0.3 is 0 Å². The molecule has 0 aliphatic rings. The van der Waals surface area contributed by atoms with Crippen LogP contribution < -0.4 is 0 Å². The summed E-state index contributed by atoms with van der Waals surface area (Å²) in [5.41, 5.74) is 3.13. The lowest BCUT2D eigenvalue weighted by Crippen LogP contribution is -1.96. The normalized spacial score (nSPS) is 10.5. The fourth-order valence-corrected chi connectivity index (χ4v) is 2.36. The Hall–Kier alpha value is -1.87. The first-order chi connectivity index (χ1) is 8.84. The van der Waals surface area contributed by atoms with Crippen LogP contribution in [-0.2, 0) is 0 Å². The Morgan fingerprint density at radius 3 is 2.11 bits per heavy atom. The molecule has 0 aliphatic heterocycles. The maximum absolute atomic E-state index is 4.62. The fraction of sp³-hybridized carbons (Fsp3) is 0. The Balaban J connectivity index is 2.07. The van der Waals surface area contributed by atoms with Crippen molar-refractivity contribution in [3.8, 4) is 16.9 Å². The molecule has 2 nitrogen and oxygen atoms in total. The van der Waals surface area contributed by atoms with Gasteiger partial charge in [0.05, 0.1) is 11.4 Å². The predicted octanol–water partition coefficient (Wildman–Crippen LogP) is 4.30. The van der Waals surface area contributed by atoms with E-state index in [0.29, 0.717) is 0 Å². The zero-order valence-corrected chi connectivity index (χ0v) is 11.2. The van der Waals surface area contributed by atoms with E-state index in [1.165, 1.54) is 0 Å². The molecule has 3 heteroatoms. The van der Waals surface area contributed by atoms with Crippen molar-refractivity contribution in [3.63, 3.8) is 0 Å². The van der Waals surface area contributed by atoms with Crippen LogP contribution in [0.4, 0.5) is 0 Å². The summed E-state index contributed by atoms with van der Waals surface area (Å²) in [4.78, 5) is 0. The number of rotatable bonds is 2. The van der Waals surface area contributed by atoms with Gasteiger partial charge in [-0.1, -0.05) is 48.5 Å². The van der Waals surface area contributed by atoms with Gasteiger partial charge in [0.1, 0.15) is 4.60 Å². The van der Waals surface area contributed by atoms with Gasteiger partial charge in [-0.05, 0) is 34.1 Å². The van der Waals surface area contributed by atoms with Crippen LogP contribution in [0.1, 0.15) is 0 Å². The monoisotopic (exact) mass is 298 g/mol. The lowest BCUT2D eigenvalue weighted by Gasteiger charge is -2.01. The van der Waals surface area contributed by atoms with E-state index in [9.17, 15) is 0 Å². The van der Waals surface area contributed by atoms with Gasteiger partial charge in [0.15, 0.2) is 0 Å². The predicted molar refractivity (Wildman–Crippen MR) is 76.7 cm³/mol. The quantitative estimate of drug-likeness (QED) is 0.690. The van der Waals surface area contributed by atoms with Crippen molar-refractivity contribution in [1.29, 1.82) is 0 Å². The smallest absolute Gasteiger partial charge is 0.110 e. The van der Waals surface area contributed by atoms with Crippen molar-refractivity contribution < 1.29 is 0 Å². The summed E-state index contributed by atoms with van der Waals surface area (Å²) >= 11 is 3.55. The highest BCUT2D eigenvalue weighted by Gasteiger charge is 2.08. The summed E-state index contributed by atoms with van der Waals surface area (Å²) in [5, 5.41) is 4.62. The van der Waals surface area contributed by atoms with Crippen LogP contribution in [0, 0.1) is 0 Å². The second-order valence-corrected chi connectivity index (χ2v) is 4.78. The third kappa shape index (κ3) is 2.09. The molecule has 88 valence electrons. The van der Waals surface area contributed by atoms with E-state index in [1.807, 2.05) is 59.3 Å². The third-order valence-electron chi connectivity index (χ3n) is 2.74. The van der Waals surface area contributed by atoms with E-state index in [-0.39, 0.29) is 0 Å². The number of para-hydroxylation sites is 1. The molecule has 0 amide bonds. The number of hydrogen-bond donors (Lipinski definition) is 0. The lowest BCUT2D eigenvalue weighted by molar-refractivity contribution is 0.864. The molecule has 0 atom stereocenters.